The Labute approximate surface area is 134 Å². The van der Waals surface area contributed by atoms with Gasteiger partial charge in [0.1, 0.15) is 0 Å². The third-order valence-electron chi connectivity index (χ3n) is 4.51. The van der Waals surface area contributed by atoms with Crippen LogP contribution in [-0.2, 0) is 4.79 Å². The number of nitrogens with zero attached hydrogens (tertiary/aromatic N) is 2. The standard InChI is InChI=1S/C18H29N3O/c1-4-16-7-5-6-13-21(16)14-12-18(22)19-15-8-10-17(11-9-15)20(2)3/h8-11,16H,4-7,12-14H2,1-3H3,(H,19,22). The Morgan fingerprint density at radius 2 is 2.00 bits per heavy atom. The Balaban J connectivity index is 1.79. The molecule has 1 aliphatic rings. The molecule has 22 heavy (non-hydrogen) atoms. The van der Waals surface area contributed by atoms with E-state index in [1.165, 1.54) is 25.7 Å². The predicted molar refractivity (Wildman–Crippen MR) is 93.5 cm³/mol. The molecule has 0 saturated carbocycles. The van der Waals surface area contributed by atoms with E-state index in [1.54, 1.807) is 0 Å². The average Bonchev–Trinajstić information content (AvgIpc) is 2.53. The van der Waals surface area contributed by atoms with Crippen LogP contribution in [0.5, 0.6) is 0 Å². The van der Waals surface area contributed by atoms with E-state index in [0.29, 0.717) is 12.5 Å². The first kappa shape index (κ1) is 16.8. The largest absolute Gasteiger partial charge is 0.378 e. The van der Waals surface area contributed by atoms with Crippen molar-refractivity contribution in [2.75, 3.05) is 37.4 Å². The summed E-state index contributed by atoms with van der Waals surface area (Å²) in [6, 6.07) is 8.63. The maximum Gasteiger partial charge on any atom is 0.225 e. The van der Waals surface area contributed by atoms with Crippen LogP contribution in [0, 0.1) is 0 Å². The van der Waals surface area contributed by atoms with Crippen LogP contribution in [0.15, 0.2) is 24.3 Å². The van der Waals surface area contributed by atoms with Crippen molar-refractivity contribution in [1.29, 1.82) is 0 Å². The van der Waals surface area contributed by atoms with Gasteiger partial charge in [-0.25, -0.2) is 0 Å². The Morgan fingerprint density at radius 1 is 1.27 bits per heavy atom. The van der Waals surface area contributed by atoms with Gasteiger partial charge in [-0.2, -0.15) is 0 Å². The second kappa shape index (κ2) is 8.18. The topological polar surface area (TPSA) is 35.6 Å². The van der Waals surface area contributed by atoms with Crippen LogP contribution >= 0.6 is 0 Å². The number of nitrogens with one attached hydrogen (secondary N) is 1. The molecule has 1 unspecified atom stereocenters. The van der Waals surface area contributed by atoms with E-state index in [-0.39, 0.29) is 5.91 Å². The first-order valence-electron chi connectivity index (χ1n) is 8.41. The van der Waals surface area contributed by atoms with Crippen LogP contribution < -0.4 is 10.2 Å². The fourth-order valence-corrected chi connectivity index (χ4v) is 3.13. The molecule has 0 radical (unpaired) electrons. The molecule has 1 aliphatic heterocycles. The minimum Gasteiger partial charge on any atom is -0.378 e. The summed E-state index contributed by atoms with van der Waals surface area (Å²) >= 11 is 0. The lowest BCUT2D eigenvalue weighted by molar-refractivity contribution is -0.116. The molecule has 0 bridgehead atoms. The molecule has 122 valence electrons. The molecule has 4 nitrogen and oxygen atoms in total. The summed E-state index contributed by atoms with van der Waals surface area (Å²) < 4.78 is 0. The van der Waals surface area contributed by atoms with E-state index >= 15 is 0 Å². The molecule has 1 atom stereocenters. The molecular formula is C18H29N3O. The number of anilines is 2. The summed E-state index contributed by atoms with van der Waals surface area (Å²) in [5.41, 5.74) is 2.01. The Kier molecular flexibility index (Phi) is 6.25. The van der Waals surface area contributed by atoms with Crippen molar-refractivity contribution in [3.63, 3.8) is 0 Å². The van der Waals surface area contributed by atoms with E-state index in [9.17, 15) is 4.79 Å². The summed E-state index contributed by atoms with van der Waals surface area (Å²) in [6.07, 6.45) is 5.65. The second-order valence-corrected chi connectivity index (χ2v) is 6.33. The fourth-order valence-electron chi connectivity index (χ4n) is 3.13. The lowest BCUT2D eigenvalue weighted by atomic mass is 10.00. The SMILES string of the molecule is CCC1CCCCN1CCC(=O)Nc1ccc(N(C)C)cc1. The zero-order valence-corrected chi connectivity index (χ0v) is 14.1. The molecule has 1 aromatic carbocycles. The lowest BCUT2D eigenvalue weighted by Crippen LogP contribution is -2.40. The van der Waals surface area contributed by atoms with E-state index < -0.39 is 0 Å². The van der Waals surface area contributed by atoms with Gasteiger partial charge in [0.2, 0.25) is 5.91 Å². The van der Waals surface area contributed by atoms with Crippen molar-refractivity contribution in [2.45, 2.75) is 45.1 Å². The summed E-state index contributed by atoms with van der Waals surface area (Å²) in [5, 5.41) is 3.00. The van der Waals surface area contributed by atoms with Gasteiger partial charge in [0.15, 0.2) is 0 Å². The Bertz CT molecular complexity index is 470. The summed E-state index contributed by atoms with van der Waals surface area (Å²) in [5.74, 6) is 0.109. The van der Waals surface area contributed by atoms with Gasteiger partial charge in [-0.15, -0.1) is 0 Å². The van der Waals surface area contributed by atoms with Crippen molar-refractivity contribution in [3.8, 4) is 0 Å². The third kappa shape index (κ3) is 4.73. The molecule has 0 spiro atoms. The van der Waals surface area contributed by atoms with Crippen LogP contribution in [-0.4, -0.2) is 44.0 Å². The first-order valence-corrected chi connectivity index (χ1v) is 8.41. The molecule has 1 fully saturated rings. The summed E-state index contributed by atoms with van der Waals surface area (Å²) in [7, 11) is 4.02. The molecule has 1 aromatic rings. The molecule has 0 aromatic heterocycles. The zero-order chi connectivity index (χ0) is 15.9. The normalized spacial score (nSPS) is 19.0. The molecule has 1 amide bonds. The zero-order valence-electron chi connectivity index (χ0n) is 14.1. The van der Waals surface area contributed by atoms with Crippen molar-refractivity contribution in [3.05, 3.63) is 24.3 Å². The number of rotatable bonds is 6. The van der Waals surface area contributed by atoms with Crippen LogP contribution in [0.2, 0.25) is 0 Å². The number of likely N-dealkylation sites (tertiary alicyclic amines) is 1. The number of amides is 1. The van der Waals surface area contributed by atoms with Crippen molar-refractivity contribution < 1.29 is 4.79 Å². The molecule has 1 saturated heterocycles. The smallest absolute Gasteiger partial charge is 0.225 e. The van der Waals surface area contributed by atoms with Gasteiger partial charge in [-0.1, -0.05) is 13.3 Å². The summed E-state index contributed by atoms with van der Waals surface area (Å²) in [4.78, 5) is 16.7. The Hall–Kier alpha value is -1.55. The minimum atomic E-state index is 0.109. The van der Waals surface area contributed by atoms with Gasteiger partial charge in [-0.3, -0.25) is 9.69 Å². The highest BCUT2D eigenvalue weighted by Gasteiger charge is 2.20. The third-order valence-corrected chi connectivity index (χ3v) is 4.51. The van der Waals surface area contributed by atoms with Crippen LogP contribution in [0.1, 0.15) is 39.0 Å². The number of benzene rings is 1. The van der Waals surface area contributed by atoms with Crippen molar-refractivity contribution in [2.24, 2.45) is 0 Å². The monoisotopic (exact) mass is 303 g/mol. The maximum absolute atomic E-state index is 12.1. The lowest BCUT2D eigenvalue weighted by Gasteiger charge is -2.35. The van der Waals surface area contributed by atoms with Crippen molar-refractivity contribution >= 4 is 17.3 Å². The minimum absolute atomic E-state index is 0.109. The molecule has 4 heteroatoms. The van der Waals surface area contributed by atoms with Gasteiger partial charge in [-0.05, 0) is 50.1 Å². The summed E-state index contributed by atoms with van der Waals surface area (Å²) in [6.45, 7) is 4.26. The number of piperidine rings is 1. The fraction of sp³-hybridized carbons (Fsp3) is 0.611. The molecular weight excluding hydrogens is 274 g/mol. The van der Waals surface area contributed by atoms with E-state index in [1.807, 2.05) is 43.3 Å². The van der Waals surface area contributed by atoms with E-state index in [4.69, 9.17) is 0 Å². The highest BCUT2D eigenvalue weighted by atomic mass is 16.1. The highest BCUT2D eigenvalue weighted by Crippen LogP contribution is 2.20. The van der Waals surface area contributed by atoms with Crippen LogP contribution in [0.25, 0.3) is 0 Å². The number of hydrogen-bond donors (Lipinski definition) is 1. The second-order valence-electron chi connectivity index (χ2n) is 6.33. The predicted octanol–water partition coefficient (Wildman–Crippen LogP) is 3.35. The molecule has 1 N–H and O–H groups in total. The molecule has 0 aliphatic carbocycles. The van der Waals surface area contributed by atoms with Crippen LogP contribution in [0.4, 0.5) is 11.4 Å². The van der Waals surface area contributed by atoms with Gasteiger partial charge in [0, 0.05) is 44.5 Å². The molecule has 2 rings (SSSR count). The van der Waals surface area contributed by atoms with Gasteiger partial charge in [0.05, 0.1) is 0 Å². The van der Waals surface area contributed by atoms with Gasteiger partial charge >= 0.3 is 0 Å². The highest BCUT2D eigenvalue weighted by molar-refractivity contribution is 5.91. The maximum atomic E-state index is 12.1. The van der Waals surface area contributed by atoms with E-state index in [2.05, 4.69) is 17.1 Å². The number of carbonyl (C=O) groups excluding carboxylic acids is 1. The van der Waals surface area contributed by atoms with E-state index in [0.717, 1.165) is 24.5 Å². The molecule has 1 heterocycles. The van der Waals surface area contributed by atoms with Crippen LogP contribution in [0.3, 0.4) is 0 Å². The quantitative estimate of drug-likeness (QED) is 0.875. The van der Waals surface area contributed by atoms with Crippen molar-refractivity contribution in [1.82, 2.24) is 4.90 Å². The van der Waals surface area contributed by atoms with Gasteiger partial charge < -0.3 is 10.2 Å². The average molecular weight is 303 g/mol. The number of hydrogen-bond acceptors (Lipinski definition) is 3. The Morgan fingerprint density at radius 3 is 2.64 bits per heavy atom. The van der Waals surface area contributed by atoms with Gasteiger partial charge in [0.25, 0.3) is 0 Å². The first-order chi connectivity index (χ1) is 10.6. The number of carbonyl (C=O) groups is 1.